The maximum absolute atomic E-state index is 16.1. The van der Waals surface area contributed by atoms with Crippen LogP contribution in [0.5, 0.6) is 0 Å². The molecule has 1 fully saturated rings. The molecular weight excluding hydrogens is 443 g/mol. The number of carbonyl (C=O) groups is 1. The van der Waals surface area contributed by atoms with Crippen molar-refractivity contribution in [3.63, 3.8) is 0 Å². The number of piperidine rings is 1. The molecule has 4 heterocycles. The number of aromatic nitrogens is 3. The lowest BCUT2D eigenvalue weighted by Crippen LogP contribution is -2.42. The first-order chi connectivity index (χ1) is 16.8. The molecule has 1 atom stereocenters. The average Bonchev–Trinajstić information content (AvgIpc) is 3.33. The third kappa shape index (κ3) is 4.09. The van der Waals surface area contributed by atoms with Crippen molar-refractivity contribution in [2.45, 2.75) is 64.7 Å². The number of likely N-dealkylation sites (tertiary alicyclic amines) is 1. The Bertz CT molecular complexity index is 1430. The third-order valence-electron chi connectivity index (χ3n) is 7.47. The number of aryl methyl sites for hydroxylation is 2. The van der Waals surface area contributed by atoms with E-state index in [0.717, 1.165) is 47.2 Å². The first kappa shape index (κ1) is 23.2. The van der Waals surface area contributed by atoms with E-state index in [0.29, 0.717) is 29.8 Å². The van der Waals surface area contributed by atoms with E-state index in [1.54, 1.807) is 17.2 Å². The first-order valence-electron chi connectivity index (χ1n) is 12.2. The van der Waals surface area contributed by atoms with Crippen molar-refractivity contribution in [1.29, 1.82) is 5.26 Å². The number of nitriles is 1. The second kappa shape index (κ2) is 8.88. The number of nitrogens with zero attached hydrogens (tertiary/aromatic N) is 6. The van der Waals surface area contributed by atoms with Gasteiger partial charge in [0.05, 0.1) is 35.1 Å². The second-order valence-electron chi connectivity index (χ2n) is 9.60. The molecule has 0 unspecified atom stereocenters. The summed E-state index contributed by atoms with van der Waals surface area (Å²) in [6.45, 7) is 7.07. The minimum Gasteiger partial charge on any atom is -0.343 e. The van der Waals surface area contributed by atoms with Gasteiger partial charge in [-0.1, -0.05) is 12.1 Å². The molecule has 5 rings (SSSR count). The van der Waals surface area contributed by atoms with Gasteiger partial charge in [0.1, 0.15) is 5.82 Å². The van der Waals surface area contributed by atoms with Crippen LogP contribution >= 0.6 is 0 Å². The van der Waals surface area contributed by atoms with Gasteiger partial charge in [-0.3, -0.25) is 14.8 Å². The highest BCUT2D eigenvalue weighted by molar-refractivity contribution is 5.78. The fourth-order valence-corrected chi connectivity index (χ4v) is 5.32. The van der Waals surface area contributed by atoms with Crippen molar-refractivity contribution in [1.82, 2.24) is 19.4 Å². The van der Waals surface area contributed by atoms with Crippen LogP contribution in [0.3, 0.4) is 0 Å². The first-order valence-corrected chi connectivity index (χ1v) is 12.2. The molecule has 2 aromatic heterocycles. The molecule has 0 N–H and O–H groups in total. The van der Waals surface area contributed by atoms with Gasteiger partial charge < -0.3 is 9.47 Å². The summed E-state index contributed by atoms with van der Waals surface area (Å²) < 4.78 is 18.2. The Morgan fingerprint density at radius 2 is 2.06 bits per heavy atom. The van der Waals surface area contributed by atoms with E-state index >= 15 is 4.39 Å². The van der Waals surface area contributed by atoms with Gasteiger partial charge in [-0.2, -0.15) is 5.26 Å². The Hall–Kier alpha value is -3.60. The fourth-order valence-electron chi connectivity index (χ4n) is 5.32. The molecule has 8 heteroatoms. The summed E-state index contributed by atoms with van der Waals surface area (Å²) in [6.07, 6.45) is 4.07. The summed E-state index contributed by atoms with van der Waals surface area (Å²) in [5, 5.41) is 10.2. The molecule has 0 bridgehead atoms. The molecule has 0 saturated carbocycles. The van der Waals surface area contributed by atoms with Crippen LogP contribution < -0.4 is 5.49 Å². The van der Waals surface area contributed by atoms with Crippen molar-refractivity contribution >= 4 is 16.8 Å². The number of fused-ring (bicyclic) bond motifs is 3. The number of rotatable bonds is 3. The molecule has 35 heavy (non-hydrogen) atoms. The maximum atomic E-state index is 16.1. The SMILES string of the molecule is CC(=O)N1CCC(F)(c2cc3c(=N[C@H](C)c4cccc(C#N)c4C)nc4n(c3cn2)CCC4)CC1. The van der Waals surface area contributed by atoms with E-state index < -0.39 is 5.67 Å². The zero-order chi connectivity index (χ0) is 24.7. The predicted octanol–water partition coefficient (Wildman–Crippen LogP) is 4.03. The average molecular weight is 473 g/mol. The van der Waals surface area contributed by atoms with E-state index in [-0.39, 0.29) is 24.8 Å². The number of carbonyl (C=O) groups excluding carboxylic acids is 1. The molecule has 0 spiro atoms. The van der Waals surface area contributed by atoms with E-state index in [9.17, 15) is 10.1 Å². The standard InChI is InChI=1S/C27H29FN6O/c1-17-20(15-29)6-4-7-21(17)18(2)31-26-22-14-24(27(28)9-12-33(13-10-27)19(3)35)30-16-23(22)34-11-5-8-25(34)32-26/h4,6-7,14,16,18H,5,8-13H2,1-3H3/t18-/m1/s1. The number of halogens is 1. The molecule has 3 aromatic rings. The minimum absolute atomic E-state index is 0.0273. The molecular formula is C27H29FN6O. The van der Waals surface area contributed by atoms with Crippen LogP contribution in [0.15, 0.2) is 35.5 Å². The molecule has 0 aliphatic carbocycles. The smallest absolute Gasteiger partial charge is 0.219 e. The van der Waals surface area contributed by atoms with E-state index in [1.165, 1.54) is 6.92 Å². The van der Waals surface area contributed by atoms with Gasteiger partial charge >= 0.3 is 0 Å². The highest BCUT2D eigenvalue weighted by Gasteiger charge is 2.38. The number of amides is 1. The lowest BCUT2D eigenvalue weighted by molar-refractivity contribution is -0.131. The normalized spacial score (nSPS) is 18.4. The van der Waals surface area contributed by atoms with Crippen molar-refractivity contribution in [2.75, 3.05) is 13.1 Å². The molecule has 1 amide bonds. The zero-order valence-corrected chi connectivity index (χ0v) is 20.4. The Labute approximate surface area is 204 Å². The van der Waals surface area contributed by atoms with Gasteiger partial charge in [-0.15, -0.1) is 0 Å². The fraction of sp³-hybridized carbons (Fsp3) is 0.444. The summed E-state index contributed by atoms with van der Waals surface area (Å²) in [5.41, 5.74) is 2.79. The van der Waals surface area contributed by atoms with Gasteiger partial charge in [0.15, 0.2) is 11.2 Å². The van der Waals surface area contributed by atoms with Gasteiger partial charge in [0.25, 0.3) is 0 Å². The highest BCUT2D eigenvalue weighted by Crippen LogP contribution is 2.37. The van der Waals surface area contributed by atoms with Crippen molar-refractivity contribution < 1.29 is 9.18 Å². The quantitative estimate of drug-likeness (QED) is 0.576. The largest absolute Gasteiger partial charge is 0.343 e. The van der Waals surface area contributed by atoms with E-state index in [1.807, 2.05) is 32.0 Å². The summed E-state index contributed by atoms with van der Waals surface area (Å²) in [7, 11) is 0. The number of hydrogen-bond donors (Lipinski definition) is 0. The van der Waals surface area contributed by atoms with E-state index in [4.69, 9.17) is 9.98 Å². The van der Waals surface area contributed by atoms with Crippen LogP contribution in [0.4, 0.5) is 4.39 Å². The zero-order valence-electron chi connectivity index (χ0n) is 20.4. The maximum Gasteiger partial charge on any atom is 0.219 e. The number of benzene rings is 1. The summed E-state index contributed by atoms with van der Waals surface area (Å²) in [5.74, 6) is 0.936. The van der Waals surface area contributed by atoms with Crippen LogP contribution in [0, 0.1) is 18.3 Å². The molecule has 7 nitrogen and oxygen atoms in total. The molecule has 2 aliphatic heterocycles. The summed E-state index contributed by atoms with van der Waals surface area (Å²) in [4.78, 5) is 27.8. The Balaban J connectivity index is 1.62. The van der Waals surface area contributed by atoms with Gasteiger partial charge in [0.2, 0.25) is 5.91 Å². The number of alkyl halides is 1. The van der Waals surface area contributed by atoms with Crippen LogP contribution in [-0.4, -0.2) is 38.4 Å². The van der Waals surface area contributed by atoms with Crippen molar-refractivity contribution in [3.8, 4) is 6.07 Å². The van der Waals surface area contributed by atoms with E-state index in [2.05, 4.69) is 15.6 Å². The Morgan fingerprint density at radius 3 is 2.77 bits per heavy atom. The number of hydrogen-bond acceptors (Lipinski definition) is 5. The van der Waals surface area contributed by atoms with Gasteiger partial charge in [-0.05, 0) is 43.5 Å². The molecule has 2 aliphatic rings. The third-order valence-corrected chi connectivity index (χ3v) is 7.47. The lowest BCUT2D eigenvalue weighted by Gasteiger charge is -2.35. The molecule has 1 aromatic carbocycles. The van der Waals surface area contributed by atoms with Gasteiger partial charge in [-0.25, -0.2) is 9.37 Å². The summed E-state index contributed by atoms with van der Waals surface area (Å²) >= 11 is 0. The van der Waals surface area contributed by atoms with Crippen molar-refractivity contribution in [2.24, 2.45) is 4.99 Å². The predicted molar refractivity (Wildman–Crippen MR) is 130 cm³/mol. The molecule has 1 saturated heterocycles. The van der Waals surface area contributed by atoms with Gasteiger partial charge in [0, 0.05) is 51.2 Å². The molecule has 0 radical (unpaired) electrons. The number of pyridine rings is 1. The second-order valence-corrected chi connectivity index (χ2v) is 9.60. The van der Waals surface area contributed by atoms with Crippen LogP contribution in [0.1, 0.15) is 67.4 Å². The highest BCUT2D eigenvalue weighted by atomic mass is 19.1. The van der Waals surface area contributed by atoms with Crippen LogP contribution in [-0.2, 0) is 23.4 Å². The monoisotopic (exact) mass is 472 g/mol. The Kier molecular flexibility index (Phi) is 5.87. The topological polar surface area (TPSA) is 87.2 Å². The Morgan fingerprint density at radius 1 is 1.29 bits per heavy atom. The van der Waals surface area contributed by atoms with Crippen LogP contribution in [0.2, 0.25) is 0 Å². The minimum atomic E-state index is -1.59. The molecule has 180 valence electrons. The summed E-state index contributed by atoms with van der Waals surface area (Å²) in [6, 6.07) is 9.49. The van der Waals surface area contributed by atoms with Crippen LogP contribution in [0.25, 0.3) is 10.9 Å². The van der Waals surface area contributed by atoms with Crippen molar-refractivity contribution in [3.05, 3.63) is 64.2 Å². The lowest BCUT2D eigenvalue weighted by atomic mass is 9.89.